The van der Waals surface area contributed by atoms with Crippen LogP contribution in [-0.4, -0.2) is 42.0 Å². The molecule has 41 heavy (non-hydrogen) atoms. The SMILES string of the molecule is CCOP1(=O)N=C(c2c(O)c(-c3ccsc3)nn(Cc3ccc(F)c(C)c3)c2=O)Nc2ccc(NS(C)(=O)=O)cc21. The third-order valence-electron chi connectivity index (χ3n) is 6.11. The monoisotopic (exact) mass is 617 g/mol. The number of hydrogen-bond acceptors (Lipinski definition) is 9. The first-order valence-corrected chi connectivity index (χ1v) is 16.7. The highest BCUT2D eigenvalue weighted by Crippen LogP contribution is 2.52. The minimum atomic E-state index is -4.05. The molecular formula is C26H25FN5O6PS2. The molecule has 11 nitrogen and oxygen atoms in total. The Hall–Kier alpha value is -3.84. The second-order valence-corrected chi connectivity index (χ2v) is 13.8. The Balaban J connectivity index is 1.69. The van der Waals surface area contributed by atoms with Crippen LogP contribution in [0.5, 0.6) is 5.75 Å². The molecule has 214 valence electrons. The lowest BCUT2D eigenvalue weighted by atomic mass is 10.1. The van der Waals surface area contributed by atoms with Crippen LogP contribution in [0.15, 0.2) is 62.8 Å². The van der Waals surface area contributed by atoms with E-state index in [1.807, 2.05) is 0 Å². The largest absolute Gasteiger partial charge is 0.505 e. The number of amidine groups is 1. The third-order valence-corrected chi connectivity index (χ3v) is 9.45. The van der Waals surface area contributed by atoms with Gasteiger partial charge in [0.05, 0.1) is 30.4 Å². The predicted molar refractivity (Wildman–Crippen MR) is 158 cm³/mol. The van der Waals surface area contributed by atoms with E-state index >= 15 is 0 Å². The van der Waals surface area contributed by atoms with Gasteiger partial charge in [0.15, 0.2) is 11.6 Å². The lowest BCUT2D eigenvalue weighted by molar-refractivity contribution is 0.341. The molecule has 1 aliphatic rings. The van der Waals surface area contributed by atoms with Gasteiger partial charge < -0.3 is 14.9 Å². The second-order valence-electron chi connectivity index (χ2n) is 9.25. The normalized spacial score (nSPS) is 16.5. The van der Waals surface area contributed by atoms with Crippen LogP contribution in [0.2, 0.25) is 0 Å². The summed E-state index contributed by atoms with van der Waals surface area (Å²) in [6.07, 6.45) is 0.985. The van der Waals surface area contributed by atoms with Gasteiger partial charge in [-0.25, -0.2) is 17.5 Å². The molecule has 0 aliphatic carbocycles. The number of hydrogen-bond donors (Lipinski definition) is 3. The van der Waals surface area contributed by atoms with Crippen LogP contribution in [0, 0.1) is 12.7 Å². The van der Waals surface area contributed by atoms with Crippen LogP contribution in [0.4, 0.5) is 15.8 Å². The molecule has 0 spiro atoms. The molecule has 5 rings (SSSR count). The molecule has 2 aromatic heterocycles. The van der Waals surface area contributed by atoms with Crippen molar-refractivity contribution in [1.29, 1.82) is 0 Å². The molecule has 0 amide bonds. The van der Waals surface area contributed by atoms with E-state index in [1.165, 1.54) is 41.7 Å². The molecule has 4 aromatic rings. The molecule has 0 fully saturated rings. The lowest BCUT2D eigenvalue weighted by Crippen LogP contribution is -2.35. The highest BCUT2D eigenvalue weighted by molar-refractivity contribution is 7.92. The average molecular weight is 618 g/mol. The Labute approximate surface area is 238 Å². The van der Waals surface area contributed by atoms with E-state index in [2.05, 4.69) is 19.9 Å². The van der Waals surface area contributed by atoms with Crippen molar-refractivity contribution in [3.63, 3.8) is 0 Å². The summed E-state index contributed by atoms with van der Waals surface area (Å²) >= 11 is 1.37. The smallest absolute Gasteiger partial charge is 0.348 e. The predicted octanol–water partition coefficient (Wildman–Crippen LogP) is 4.27. The van der Waals surface area contributed by atoms with Crippen molar-refractivity contribution < 1.29 is 27.0 Å². The fourth-order valence-corrected chi connectivity index (χ4v) is 7.33. The van der Waals surface area contributed by atoms with Crippen molar-refractivity contribution in [3.05, 3.63) is 86.1 Å². The van der Waals surface area contributed by atoms with E-state index in [0.29, 0.717) is 16.7 Å². The summed E-state index contributed by atoms with van der Waals surface area (Å²) in [5.41, 5.74) is 0.994. The van der Waals surface area contributed by atoms with Gasteiger partial charge in [-0.1, -0.05) is 12.1 Å². The van der Waals surface area contributed by atoms with E-state index in [0.717, 1.165) is 10.9 Å². The van der Waals surface area contributed by atoms with Gasteiger partial charge >= 0.3 is 7.52 Å². The Morgan fingerprint density at radius 3 is 2.66 bits per heavy atom. The van der Waals surface area contributed by atoms with Crippen molar-refractivity contribution in [2.75, 3.05) is 22.9 Å². The maximum Gasteiger partial charge on any atom is 0.348 e. The molecule has 3 heterocycles. The zero-order valence-corrected chi connectivity index (χ0v) is 24.6. The van der Waals surface area contributed by atoms with Crippen molar-refractivity contribution in [2.45, 2.75) is 20.4 Å². The van der Waals surface area contributed by atoms with Gasteiger partial charge in [0.2, 0.25) is 10.0 Å². The highest BCUT2D eigenvalue weighted by Gasteiger charge is 2.36. The van der Waals surface area contributed by atoms with Gasteiger partial charge in [0, 0.05) is 16.6 Å². The Morgan fingerprint density at radius 1 is 1.22 bits per heavy atom. The summed E-state index contributed by atoms with van der Waals surface area (Å²) in [4.78, 5) is 13.8. The Bertz CT molecular complexity index is 1910. The number of aromatic hydroxyl groups is 1. The molecule has 0 saturated carbocycles. The minimum Gasteiger partial charge on any atom is -0.505 e. The van der Waals surface area contributed by atoms with E-state index in [4.69, 9.17) is 4.52 Å². The average Bonchev–Trinajstić information content (AvgIpc) is 3.42. The summed E-state index contributed by atoms with van der Waals surface area (Å²) in [5, 5.41) is 22.3. The molecular weight excluding hydrogens is 592 g/mol. The number of benzene rings is 2. The molecule has 0 radical (unpaired) electrons. The molecule has 0 saturated heterocycles. The van der Waals surface area contributed by atoms with Crippen molar-refractivity contribution >= 4 is 51.4 Å². The summed E-state index contributed by atoms with van der Waals surface area (Å²) in [6.45, 7) is 3.17. The molecule has 2 aromatic carbocycles. The summed E-state index contributed by atoms with van der Waals surface area (Å²) < 4.78 is 64.8. The molecule has 15 heteroatoms. The number of fused-ring (bicyclic) bond motifs is 1. The van der Waals surface area contributed by atoms with E-state index in [9.17, 15) is 27.3 Å². The Kier molecular flexibility index (Phi) is 7.60. The van der Waals surface area contributed by atoms with Gasteiger partial charge in [-0.05, 0) is 60.7 Å². The van der Waals surface area contributed by atoms with Crippen LogP contribution in [0.1, 0.15) is 23.6 Å². The molecule has 1 unspecified atom stereocenters. The third kappa shape index (κ3) is 5.82. The molecule has 1 atom stereocenters. The maximum absolute atomic E-state index is 14.1. The zero-order chi connectivity index (χ0) is 29.5. The zero-order valence-electron chi connectivity index (χ0n) is 22.1. The molecule has 3 N–H and O–H groups in total. The van der Waals surface area contributed by atoms with Gasteiger partial charge in [-0.2, -0.15) is 21.2 Å². The number of nitrogens with one attached hydrogen (secondary N) is 2. The summed E-state index contributed by atoms with van der Waals surface area (Å²) in [7, 11) is -7.68. The molecule has 1 aliphatic heterocycles. The van der Waals surface area contributed by atoms with Crippen LogP contribution in [0.25, 0.3) is 11.3 Å². The van der Waals surface area contributed by atoms with Crippen molar-refractivity contribution in [1.82, 2.24) is 9.78 Å². The topological polar surface area (TPSA) is 152 Å². The van der Waals surface area contributed by atoms with Crippen LogP contribution in [0.3, 0.4) is 0 Å². The number of thiophene rings is 1. The first kappa shape index (κ1) is 28.7. The quantitative estimate of drug-likeness (QED) is 0.248. The van der Waals surface area contributed by atoms with Gasteiger partial charge in [0.1, 0.15) is 17.1 Å². The number of aromatic nitrogens is 2. The summed E-state index contributed by atoms with van der Waals surface area (Å²) in [6, 6.07) is 10.4. The second kappa shape index (κ2) is 10.9. The number of aryl methyl sites for hydroxylation is 1. The minimum absolute atomic E-state index is 0.00609. The number of nitrogens with zero attached hydrogens (tertiary/aromatic N) is 3. The molecule has 0 bridgehead atoms. The first-order valence-electron chi connectivity index (χ1n) is 12.2. The van der Waals surface area contributed by atoms with Gasteiger partial charge in [0.25, 0.3) is 5.56 Å². The van der Waals surface area contributed by atoms with E-state index in [-0.39, 0.29) is 52.7 Å². The number of anilines is 2. The van der Waals surface area contributed by atoms with Gasteiger partial charge in [-0.3, -0.25) is 14.1 Å². The van der Waals surface area contributed by atoms with Crippen LogP contribution >= 0.6 is 18.9 Å². The van der Waals surface area contributed by atoms with Crippen LogP contribution in [-0.2, 0) is 25.7 Å². The fraction of sp³-hybridized carbons (Fsp3) is 0.192. The first-order chi connectivity index (χ1) is 19.4. The number of halogens is 1. The van der Waals surface area contributed by atoms with E-state index in [1.54, 1.807) is 36.7 Å². The van der Waals surface area contributed by atoms with Crippen LogP contribution < -0.4 is 20.9 Å². The summed E-state index contributed by atoms with van der Waals surface area (Å²) in [5.74, 6) is -1.07. The lowest BCUT2D eigenvalue weighted by Gasteiger charge is -2.26. The van der Waals surface area contributed by atoms with E-state index < -0.39 is 28.9 Å². The standard InChI is InChI=1S/C26H25FN5O6PS2/c1-4-38-39(35)21-12-18(31-41(3,36)37)6-8-20(21)28-25(30-39)22-24(33)23(17-9-10-40-14-17)29-32(26(22)34)13-16-5-7-19(27)15(2)11-16/h5-12,14,31,33H,4,13H2,1-3H3,(H,28,30,35). The highest BCUT2D eigenvalue weighted by atomic mass is 32.2. The number of rotatable bonds is 8. The maximum atomic E-state index is 14.1. The van der Waals surface area contributed by atoms with Gasteiger partial charge in [-0.15, -0.1) is 0 Å². The van der Waals surface area contributed by atoms with Crippen molar-refractivity contribution in [3.8, 4) is 17.0 Å². The number of sulfonamides is 1. The van der Waals surface area contributed by atoms with Crippen molar-refractivity contribution in [2.24, 2.45) is 4.76 Å². The Morgan fingerprint density at radius 2 is 2.00 bits per heavy atom. The fourth-order valence-electron chi connectivity index (χ4n) is 4.33.